The predicted molar refractivity (Wildman–Crippen MR) is 79.5 cm³/mol. The van der Waals surface area contributed by atoms with E-state index >= 15 is 0 Å². The van der Waals surface area contributed by atoms with Gasteiger partial charge < -0.3 is 5.32 Å². The van der Waals surface area contributed by atoms with Crippen molar-refractivity contribution in [3.63, 3.8) is 0 Å². The molecular formula is C16H31NO. The summed E-state index contributed by atoms with van der Waals surface area (Å²) < 4.78 is 0. The van der Waals surface area contributed by atoms with Crippen LogP contribution in [0.3, 0.4) is 0 Å². The number of rotatable bonds is 6. The van der Waals surface area contributed by atoms with Crippen molar-refractivity contribution in [2.45, 2.75) is 61.3 Å². The summed E-state index contributed by atoms with van der Waals surface area (Å²) in [5, 5.41) is 3.06. The normalized spacial score (nSPS) is 13.3. The Kier molecular flexibility index (Phi) is 5.64. The third-order valence-electron chi connectivity index (χ3n) is 3.01. The topological polar surface area (TPSA) is 29.1 Å². The minimum absolute atomic E-state index is 0.115. The molecule has 18 heavy (non-hydrogen) atoms. The molecular weight excluding hydrogens is 222 g/mol. The van der Waals surface area contributed by atoms with E-state index in [9.17, 15) is 4.79 Å². The Morgan fingerprint density at radius 3 is 2.00 bits per heavy atom. The van der Waals surface area contributed by atoms with E-state index in [1.165, 1.54) is 0 Å². The lowest BCUT2D eigenvalue weighted by Gasteiger charge is -2.34. The number of hydrogen-bond acceptors (Lipinski definition) is 1. The van der Waals surface area contributed by atoms with Crippen LogP contribution >= 0.6 is 0 Å². The van der Waals surface area contributed by atoms with Crippen LogP contribution in [-0.4, -0.2) is 12.5 Å². The number of carbonyl (C=O) groups is 1. The van der Waals surface area contributed by atoms with Crippen LogP contribution in [0.2, 0.25) is 0 Å². The van der Waals surface area contributed by atoms with Crippen LogP contribution in [-0.2, 0) is 4.79 Å². The Hall–Kier alpha value is -0.790. The minimum Gasteiger partial charge on any atom is -0.355 e. The van der Waals surface area contributed by atoms with E-state index in [2.05, 4.69) is 46.5 Å². The second-order valence-electron chi connectivity index (χ2n) is 7.96. The smallest absolute Gasteiger partial charge is 0.225 e. The molecule has 1 N–H and O–H groups in total. The number of allylic oxidation sites excluding steroid dienone is 1. The SMILES string of the molecule is C=CCC(C)(C)CC(C)(C)C(=O)NCC(C)(C)C. The molecule has 0 aromatic carbocycles. The predicted octanol–water partition coefficient (Wildman–Crippen LogP) is 4.17. The summed E-state index contributed by atoms with van der Waals surface area (Å²) in [7, 11) is 0. The Morgan fingerprint density at radius 2 is 1.61 bits per heavy atom. The summed E-state index contributed by atoms with van der Waals surface area (Å²) in [6.45, 7) is 19.3. The van der Waals surface area contributed by atoms with Gasteiger partial charge in [0.05, 0.1) is 0 Å². The molecule has 0 aromatic rings. The van der Waals surface area contributed by atoms with Crippen molar-refractivity contribution in [1.82, 2.24) is 5.32 Å². The highest BCUT2D eigenvalue weighted by Gasteiger charge is 2.34. The molecule has 0 aliphatic carbocycles. The lowest BCUT2D eigenvalue weighted by atomic mass is 9.73. The lowest BCUT2D eigenvalue weighted by Crippen LogP contribution is -2.42. The maximum absolute atomic E-state index is 12.3. The first-order chi connectivity index (χ1) is 7.90. The highest BCUT2D eigenvalue weighted by Crippen LogP contribution is 2.36. The summed E-state index contributed by atoms with van der Waals surface area (Å²) in [6, 6.07) is 0. The van der Waals surface area contributed by atoms with Crippen LogP contribution in [0, 0.1) is 16.2 Å². The molecule has 2 heteroatoms. The summed E-state index contributed by atoms with van der Waals surface area (Å²) in [5.74, 6) is 0.148. The molecule has 0 aliphatic rings. The molecule has 0 aromatic heterocycles. The van der Waals surface area contributed by atoms with E-state index < -0.39 is 0 Å². The van der Waals surface area contributed by atoms with Crippen LogP contribution in [0.1, 0.15) is 61.3 Å². The molecule has 106 valence electrons. The van der Waals surface area contributed by atoms with Crippen molar-refractivity contribution in [3.8, 4) is 0 Å². The molecule has 0 aliphatic heterocycles. The zero-order valence-electron chi connectivity index (χ0n) is 13.3. The second kappa shape index (κ2) is 5.90. The van der Waals surface area contributed by atoms with Gasteiger partial charge in [-0.25, -0.2) is 0 Å². The molecule has 0 saturated carbocycles. The van der Waals surface area contributed by atoms with Gasteiger partial charge in [-0.15, -0.1) is 6.58 Å². The van der Waals surface area contributed by atoms with E-state index in [1.807, 2.05) is 19.9 Å². The zero-order valence-corrected chi connectivity index (χ0v) is 13.3. The highest BCUT2D eigenvalue weighted by atomic mass is 16.2. The van der Waals surface area contributed by atoms with Gasteiger partial charge in [-0.05, 0) is 23.7 Å². The second-order valence-corrected chi connectivity index (χ2v) is 7.96. The maximum atomic E-state index is 12.3. The van der Waals surface area contributed by atoms with E-state index in [0.29, 0.717) is 0 Å². The van der Waals surface area contributed by atoms with Crippen molar-refractivity contribution in [3.05, 3.63) is 12.7 Å². The van der Waals surface area contributed by atoms with E-state index in [0.717, 1.165) is 19.4 Å². The van der Waals surface area contributed by atoms with Crippen molar-refractivity contribution < 1.29 is 4.79 Å². The molecule has 0 fully saturated rings. The molecule has 0 rings (SSSR count). The van der Waals surface area contributed by atoms with Crippen molar-refractivity contribution >= 4 is 5.91 Å². The molecule has 2 nitrogen and oxygen atoms in total. The van der Waals surface area contributed by atoms with Crippen molar-refractivity contribution in [2.75, 3.05) is 6.54 Å². The van der Waals surface area contributed by atoms with E-state index in [4.69, 9.17) is 0 Å². The molecule has 0 spiro atoms. The van der Waals surface area contributed by atoms with Crippen LogP contribution in [0.4, 0.5) is 0 Å². The first-order valence-electron chi connectivity index (χ1n) is 6.79. The molecule has 0 unspecified atom stereocenters. The average molecular weight is 253 g/mol. The van der Waals surface area contributed by atoms with Gasteiger partial charge in [0.2, 0.25) is 5.91 Å². The van der Waals surface area contributed by atoms with E-state index in [1.54, 1.807) is 0 Å². The zero-order chi connectivity index (χ0) is 14.6. The molecule has 0 bridgehead atoms. The standard InChI is InChI=1S/C16H31NO/c1-9-10-15(5,6)11-16(7,8)13(18)17-12-14(2,3)4/h9H,1,10-12H2,2-8H3,(H,17,18). The molecule has 0 radical (unpaired) electrons. The Balaban J connectivity index is 4.53. The number of hydrogen-bond donors (Lipinski definition) is 1. The summed E-state index contributed by atoms with van der Waals surface area (Å²) in [4.78, 5) is 12.3. The van der Waals surface area contributed by atoms with Gasteiger partial charge >= 0.3 is 0 Å². The molecule has 0 atom stereocenters. The van der Waals surface area contributed by atoms with Gasteiger partial charge in [0.1, 0.15) is 0 Å². The third-order valence-corrected chi connectivity index (χ3v) is 3.01. The highest BCUT2D eigenvalue weighted by molar-refractivity contribution is 5.81. The van der Waals surface area contributed by atoms with Crippen LogP contribution in [0.5, 0.6) is 0 Å². The quantitative estimate of drug-likeness (QED) is 0.707. The van der Waals surface area contributed by atoms with Crippen LogP contribution in [0.15, 0.2) is 12.7 Å². The van der Waals surface area contributed by atoms with Gasteiger partial charge in [0.25, 0.3) is 0 Å². The first kappa shape index (κ1) is 17.2. The fraction of sp³-hybridized carbons (Fsp3) is 0.812. The van der Waals surface area contributed by atoms with Gasteiger partial charge in [-0.3, -0.25) is 4.79 Å². The maximum Gasteiger partial charge on any atom is 0.225 e. The van der Waals surface area contributed by atoms with Gasteiger partial charge in [0, 0.05) is 12.0 Å². The van der Waals surface area contributed by atoms with Crippen molar-refractivity contribution in [1.29, 1.82) is 0 Å². The summed E-state index contributed by atoms with van der Waals surface area (Å²) in [6.07, 6.45) is 3.73. The number of amides is 1. The Bertz CT molecular complexity index is 295. The van der Waals surface area contributed by atoms with Gasteiger partial charge in [-0.1, -0.05) is 54.5 Å². The van der Waals surface area contributed by atoms with Crippen LogP contribution in [0.25, 0.3) is 0 Å². The Labute approximate surface area is 113 Å². The number of carbonyl (C=O) groups excluding carboxylic acids is 1. The third kappa shape index (κ3) is 6.83. The molecule has 0 heterocycles. The monoisotopic (exact) mass is 253 g/mol. The van der Waals surface area contributed by atoms with Gasteiger partial charge in [0.15, 0.2) is 0 Å². The van der Waals surface area contributed by atoms with E-state index in [-0.39, 0.29) is 22.2 Å². The first-order valence-corrected chi connectivity index (χ1v) is 6.79. The Morgan fingerprint density at radius 1 is 1.11 bits per heavy atom. The van der Waals surface area contributed by atoms with Crippen LogP contribution < -0.4 is 5.32 Å². The summed E-state index contributed by atoms with van der Waals surface area (Å²) in [5.41, 5.74) is -0.0928. The fourth-order valence-electron chi connectivity index (χ4n) is 2.32. The average Bonchev–Trinajstić information content (AvgIpc) is 2.10. The van der Waals surface area contributed by atoms with Gasteiger partial charge in [-0.2, -0.15) is 0 Å². The largest absolute Gasteiger partial charge is 0.355 e. The van der Waals surface area contributed by atoms with Crippen molar-refractivity contribution in [2.24, 2.45) is 16.2 Å². The molecule has 1 amide bonds. The summed E-state index contributed by atoms with van der Waals surface area (Å²) >= 11 is 0. The number of nitrogens with one attached hydrogen (secondary N) is 1. The lowest BCUT2D eigenvalue weighted by molar-refractivity contribution is -0.131. The minimum atomic E-state index is -0.336. The fourth-order valence-corrected chi connectivity index (χ4v) is 2.32. The molecule has 0 saturated heterocycles.